The first-order chi connectivity index (χ1) is 10.2. The van der Waals surface area contributed by atoms with Gasteiger partial charge in [0.15, 0.2) is 0 Å². The Bertz CT molecular complexity index is 669. The van der Waals surface area contributed by atoms with Crippen LogP contribution in [-0.4, -0.2) is 22.1 Å². The van der Waals surface area contributed by atoms with Gasteiger partial charge in [0.05, 0.1) is 12.1 Å². The van der Waals surface area contributed by atoms with Crippen LogP contribution in [-0.2, 0) is 12.8 Å². The van der Waals surface area contributed by atoms with Crippen LogP contribution in [0.2, 0.25) is 0 Å². The molecule has 0 spiro atoms. The number of amides is 1. The van der Waals surface area contributed by atoms with Gasteiger partial charge < -0.3 is 10.4 Å². The predicted octanol–water partition coefficient (Wildman–Crippen LogP) is 2.03. The van der Waals surface area contributed by atoms with Crippen LogP contribution in [0.5, 0.6) is 0 Å². The summed E-state index contributed by atoms with van der Waals surface area (Å²) in [6.07, 6.45) is 4.10. The molecule has 0 bridgehead atoms. The molecule has 0 saturated carbocycles. The molecule has 1 aliphatic carbocycles. The summed E-state index contributed by atoms with van der Waals surface area (Å²) in [7, 11) is 0. The molecule has 3 rings (SSSR count). The van der Waals surface area contributed by atoms with Crippen LogP contribution in [0.1, 0.15) is 40.0 Å². The third-order valence-corrected chi connectivity index (χ3v) is 4.02. The van der Waals surface area contributed by atoms with Crippen LogP contribution in [0.15, 0.2) is 42.7 Å². The number of aliphatic hydroxyl groups is 1. The van der Waals surface area contributed by atoms with E-state index in [2.05, 4.69) is 10.3 Å². The van der Waals surface area contributed by atoms with Crippen LogP contribution >= 0.6 is 0 Å². The third kappa shape index (κ3) is 2.54. The first-order valence-corrected chi connectivity index (χ1v) is 7.20. The molecule has 1 aliphatic rings. The van der Waals surface area contributed by atoms with Gasteiger partial charge in [-0.1, -0.05) is 31.2 Å². The van der Waals surface area contributed by atoms with E-state index >= 15 is 0 Å². The minimum absolute atomic E-state index is 0.157. The van der Waals surface area contributed by atoms with Crippen molar-refractivity contribution in [1.29, 1.82) is 0 Å². The molecule has 2 aromatic rings. The lowest BCUT2D eigenvalue weighted by atomic mass is 10.0. The van der Waals surface area contributed by atoms with E-state index < -0.39 is 6.10 Å². The number of benzene rings is 1. The highest BCUT2D eigenvalue weighted by atomic mass is 16.3. The Morgan fingerprint density at radius 1 is 1.38 bits per heavy atom. The van der Waals surface area contributed by atoms with Crippen LogP contribution in [0, 0.1) is 0 Å². The lowest BCUT2D eigenvalue weighted by molar-refractivity contribution is 0.0857. The maximum Gasteiger partial charge on any atom is 0.252 e. The van der Waals surface area contributed by atoms with Gasteiger partial charge in [0, 0.05) is 24.4 Å². The predicted molar refractivity (Wildman–Crippen MR) is 80.0 cm³/mol. The van der Waals surface area contributed by atoms with E-state index in [-0.39, 0.29) is 11.9 Å². The molecule has 1 aromatic carbocycles. The van der Waals surface area contributed by atoms with E-state index in [1.54, 1.807) is 18.5 Å². The number of hydrogen-bond acceptors (Lipinski definition) is 3. The summed E-state index contributed by atoms with van der Waals surface area (Å²) in [5, 5.41) is 13.2. The van der Waals surface area contributed by atoms with Crippen LogP contribution in [0.4, 0.5) is 0 Å². The molecular weight excluding hydrogens is 264 g/mol. The van der Waals surface area contributed by atoms with Crippen LogP contribution in [0.25, 0.3) is 0 Å². The molecule has 2 N–H and O–H groups in total. The smallest absolute Gasteiger partial charge is 0.252 e. The fourth-order valence-corrected chi connectivity index (χ4v) is 2.90. The van der Waals surface area contributed by atoms with E-state index in [4.69, 9.17) is 0 Å². The standard InChI is InChI=1S/C17H18N2O2/c1-2-11-10-18-8-7-14(11)17(21)19-16-13-6-4-3-5-12(13)9-15(16)20/h3-8,10,15-16,20H,2,9H2,1H3,(H,19,21)/t15-,16+/m1/s1. The quantitative estimate of drug-likeness (QED) is 0.905. The Morgan fingerprint density at radius 3 is 3.00 bits per heavy atom. The summed E-state index contributed by atoms with van der Waals surface area (Å²) in [6.45, 7) is 1.99. The van der Waals surface area contributed by atoms with Gasteiger partial charge in [-0.25, -0.2) is 0 Å². The number of rotatable bonds is 3. The zero-order valence-electron chi connectivity index (χ0n) is 11.9. The van der Waals surface area contributed by atoms with Crippen molar-refractivity contribution < 1.29 is 9.90 Å². The topological polar surface area (TPSA) is 62.2 Å². The molecule has 0 unspecified atom stereocenters. The maximum atomic E-state index is 12.5. The molecule has 0 aliphatic heterocycles. The Labute approximate surface area is 123 Å². The van der Waals surface area contributed by atoms with E-state index in [0.717, 1.165) is 23.1 Å². The number of carbonyl (C=O) groups is 1. The molecule has 2 atom stereocenters. The van der Waals surface area contributed by atoms with E-state index in [1.165, 1.54) is 0 Å². The van der Waals surface area contributed by atoms with E-state index in [9.17, 15) is 9.90 Å². The van der Waals surface area contributed by atoms with Crippen molar-refractivity contribution in [3.63, 3.8) is 0 Å². The van der Waals surface area contributed by atoms with Gasteiger partial charge in [-0.05, 0) is 29.2 Å². The van der Waals surface area contributed by atoms with Crippen LogP contribution < -0.4 is 5.32 Å². The summed E-state index contributed by atoms with van der Waals surface area (Å²) in [6, 6.07) is 9.22. The fourth-order valence-electron chi connectivity index (χ4n) is 2.90. The Hall–Kier alpha value is -2.20. The average molecular weight is 282 g/mol. The summed E-state index contributed by atoms with van der Waals surface area (Å²) >= 11 is 0. The molecule has 21 heavy (non-hydrogen) atoms. The van der Waals surface area contributed by atoms with Gasteiger partial charge in [-0.3, -0.25) is 9.78 Å². The van der Waals surface area contributed by atoms with Gasteiger partial charge in [0.1, 0.15) is 0 Å². The highest BCUT2D eigenvalue weighted by molar-refractivity contribution is 5.95. The Balaban J connectivity index is 1.85. The zero-order valence-corrected chi connectivity index (χ0v) is 11.9. The number of aryl methyl sites for hydroxylation is 1. The summed E-state index contributed by atoms with van der Waals surface area (Å²) in [5.74, 6) is -0.157. The SMILES string of the molecule is CCc1cnccc1C(=O)N[C@H]1c2ccccc2C[C@H]1O. The van der Waals surface area contributed by atoms with Gasteiger partial charge in [-0.15, -0.1) is 0 Å². The lowest BCUT2D eigenvalue weighted by Gasteiger charge is -2.18. The Morgan fingerprint density at radius 2 is 2.19 bits per heavy atom. The zero-order chi connectivity index (χ0) is 14.8. The largest absolute Gasteiger partial charge is 0.390 e. The second kappa shape index (κ2) is 5.66. The normalized spacial score (nSPS) is 20.1. The van der Waals surface area contributed by atoms with Crippen molar-refractivity contribution in [2.75, 3.05) is 0 Å². The molecule has 4 heteroatoms. The number of aliphatic hydroxyl groups excluding tert-OH is 1. The monoisotopic (exact) mass is 282 g/mol. The van der Waals surface area contributed by atoms with E-state index in [0.29, 0.717) is 12.0 Å². The molecule has 1 heterocycles. The lowest BCUT2D eigenvalue weighted by Crippen LogP contribution is -2.34. The second-order valence-corrected chi connectivity index (χ2v) is 5.31. The van der Waals surface area contributed by atoms with Gasteiger partial charge >= 0.3 is 0 Å². The minimum Gasteiger partial charge on any atom is -0.390 e. The van der Waals surface area contributed by atoms with Crippen molar-refractivity contribution in [3.8, 4) is 0 Å². The van der Waals surface area contributed by atoms with Crippen molar-refractivity contribution in [2.24, 2.45) is 0 Å². The van der Waals surface area contributed by atoms with Gasteiger partial charge in [0.25, 0.3) is 5.91 Å². The van der Waals surface area contributed by atoms with E-state index in [1.807, 2.05) is 31.2 Å². The fraction of sp³-hybridized carbons (Fsp3) is 0.294. The third-order valence-electron chi connectivity index (χ3n) is 4.02. The molecule has 4 nitrogen and oxygen atoms in total. The Kier molecular flexibility index (Phi) is 3.71. The molecule has 0 fully saturated rings. The summed E-state index contributed by atoms with van der Waals surface area (Å²) in [4.78, 5) is 16.5. The summed E-state index contributed by atoms with van der Waals surface area (Å²) in [5.41, 5.74) is 3.64. The second-order valence-electron chi connectivity index (χ2n) is 5.31. The highest BCUT2D eigenvalue weighted by Gasteiger charge is 2.32. The number of pyridine rings is 1. The summed E-state index contributed by atoms with van der Waals surface area (Å²) < 4.78 is 0. The van der Waals surface area contributed by atoms with Gasteiger partial charge in [0.2, 0.25) is 0 Å². The number of nitrogens with one attached hydrogen (secondary N) is 1. The van der Waals surface area contributed by atoms with Crippen LogP contribution in [0.3, 0.4) is 0 Å². The molecule has 0 radical (unpaired) electrons. The first kappa shape index (κ1) is 13.8. The minimum atomic E-state index is -0.571. The highest BCUT2D eigenvalue weighted by Crippen LogP contribution is 2.31. The number of hydrogen-bond donors (Lipinski definition) is 2. The number of aromatic nitrogens is 1. The number of carbonyl (C=O) groups excluding carboxylic acids is 1. The van der Waals surface area contributed by atoms with Crippen molar-refractivity contribution >= 4 is 5.91 Å². The van der Waals surface area contributed by atoms with Gasteiger partial charge in [-0.2, -0.15) is 0 Å². The number of fused-ring (bicyclic) bond motifs is 1. The molecule has 0 saturated heterocycles. The molecule has 1 aromatic heterocycles. The average Bonchev–Trinajstić information content (AvgIpc) is 2.83. The van der Waals surface area contributed by atoms with Crippen molar-refractivity contribution in [3.05, 3.63) is 65.0 Å². The maximum absolute atomic E-state index is 12.5. The molecule has 1 amide bonds. The molecular formula is C17H18N2O2. The van der Waals surface area contributed by atoms with Crippen molar-refractivity contribution in [2.45, 2.75) is 31.9 Å². The molecule has 108 valence electrons. The first-order valence-electron chi connectivity index (χ1n) is 7.20. The van der Waals surface area contributed by atoms with Crippen molar-refractivity contribution in [1.82, 2.24) is 10.3 Å². The number of nitrogens with zero attached hydrogens (tertiary/aromatic N) is 1.